The van der Waals surface area contributed by atoms with Crippen molar-refractivity contribution in [2.45, 2.75) is 17.3 Å². The molecule has 3 aromatic heterocycles. The normalized spacial score (nSPS) is 10.5. The molecule has 0 aliphatic heterocycles. The summed E-state index contributed by atoms with van der Waals surface area (Å²) in [5, 5.41) is 17.9. The highest BCUT2D eigenvalue weighted by Gasteiger charge is 2.06. The van der Waals surface area contributed by atoms with Crippen molar-refractivity contribution in [2.75, 3.05) is 6.61 Å². The third-order valence-electron chi connectivity index (χ3n) is 2.74. The van der Waals surface area contributed by atoms with Gasteiger partial charge in [0.15, 0.2) is 10.8 Å². The molecule has 0 aliphatic carbocycles. The van der Waals surface area contributed by atoms with Gasteiger partial charge in [0.2, 0.25) is 0 Å². The zero-order valence-electron chi connectivity index (χ0n) is 11.2. The van der Waals surface area contributed by atoms with Gasteiger partial charge < -0.3 is 5.11 Å². The summed E-state index contributed by atoms with van der Waals surface area (Å²) in [5.74, 6) is 6.84. The van der Waals surface area contributed by atoms with E-state index < -0.39 is 0 Å². The van der Waals surface area contributed by atoms with Crippen LogP contribution >= 0.6 is 23.1 Å². The van der Waals surface area contributed by atoms with Crippen LogP contribution in [0.25, 0.3) is 5.65 Å². The highest BCUT2D eigenvalue weighted by Crippen LogP contribution is 2.25. The standard InChI is InChI=1S/C15H13N3OS2/c19-10-4-2-5-12-7-8-13(21-12)11-20-15-17-16-14-6-1-3-9-18(14)15/h1,3,6-9,19H,4,10-11H2. The van der Waals surface area contributed by atoms with Crippen molar-refractivity contribution in [3.05, 3.63) is 46.3 Å². The molecule has 106 valence electrons. The summed E-state index contributed by atoms with van der Waals surface area (Å²) < 4.78 is 1.99. The third-order valence-corrected chi connectivity index (χ3v) is 4.91. The van der Waals surface area contributed by atoms with Crippen LogP contribution in [0.15, 0.2) is 41.7 Å². The Kier molecular flexibility index (Phi) is 4.55. The predicted octanol–water partition coefficient (Wildman–Crippen LogP) is 2.82. The second-order valence-corrected chi connectivity index (χ2v) is 6.35. The van der Waals surface area contributed by atoms with Crippen molar-refractivity contribution in [2.24, 2.45) is 0 Å². The molecule has 0 bridgehead atoms. The van der Waals surface area contributed by atoms with E-state index in [0.717, 1.165) is 21.4 Å². The molecule has 4 nitrogen and oxygen atoms in total. The lowest BCUT2D eigenvalue weighted by Gasteiger charge is -1.97. The molecule has 1 N–H and O–H groups in total. The first-order chi connectivity index (χ1) is 10.4. The first kappa shape index (κ1) is 14.1. The summed E-state index contributed by atoms with van der Waals surface area (Å²) in [6.45, 7) is 0.112. The van der Waals surface area contributed by atoms with Gasteiger partial charge in [0.25, 0.3) is 0 Å². The molecule has 0 aliphatic rings. The maximum atomic E-state index is 8.71. The minimum atomic E-state index is 0.112. The topological polar surface area (TPSA) is 50.4 Å². The first-order valence-corrected chi connectivity index (χ1v) is 8.28. The molecule has 0 saturated heterocycles. The molecular weight excluding hydrogens is 302 g/mol. The Morgan fingerprint density at radius 1 is 1.24 bits per heavy atom. The highest BCUT2D eigenvalue weighted by atomic mass is 32.2. The summed E-state index contributed by atoms with van der Waals surface area (Å²) in [7, 11) is 0. The van der Waals surface area contributed by atoms with E-state index in [2.05, 4.69) is 28.1 Å². The van der Waals surface area contributed by atoms with Gasteiger partial charge in [-0.1, -0.05) is 29.7 Å². The van der Waals surface area contributed by atoms with Crippen molar-refractivity contribution >= 4 is 28.7 Å². The largest absolute Gasteiger partial charge is 0.395 e. The van der Waals surface area contributed by atoms with E-state index in [1.54, 1.807) is 23.1 Å². The SMILES string of the molecule is OCCC#Cc1ccc(CSc2nnc3ccccn23)s1. The van der Waals surface area contributed by atoms with Gasteiger partial charge in [0.05, 0.1) is 11.5 Å². The Labute approximate surface area is 130 Å². The average molecular weight is 315 g/mol. The lowest BCUT2D eigenvalue weighted by atomic mass is 10.4. The highest BCUT2D eigenvalue weighted by molar-refractivity contribution is 7.98. The van der Waals surface area contributed by atoms with Gasteiger partial charge in [0.1, 0.15) is 0 Å². The van der Waals surface area contributed by atoms with Crippen molar-refractivity contribution < 1.29 is 5.11 Å². The zero-order chi connectivity index (χ0) is 14.5. The van der Waals surface area contributed by atoms with Crippen molar-refractivity contribution in [3.63, 3.8) is 0 Å². The Hall–Kier alpha value is -1.81. The quantitative estimate of drug-likeness (QED) is 0.594. The number of aliphatic hydroxyl groups excluding tert-OH is 1. The van der Waals surface area contributed by atoms with Gasteiger partial charge in [-0.15, -0.1) is 21.5 Å². The van der Waals surface area contributed by atoms with E-state index in [-0.39, 0.29) is 6.61 Å². The fourth-order valence-electron chi connectivity index (χ4n) is 1.78. The van der Waals surface area contributed by atoms with Crippen LogP contribution in [0.2, 0.25) is 0 Å². The molecular formula is C15H13N3OS2. The molecule has 6 heteroatoms. The minimum absolute atomic E-state index is 0.112. The van der Waals surface area contributed by atoms with E-state index >= 15 is 0 Å². The van der Waals surface area contributed by atoms with Gasteiger partial charge in [-0.3, -0.25) is 4.40 Å². The van der Waals surface area contributed by atoms with E-state index in [1.165, 1.54) is 4.88 Å². The summed E-state index contributed by atoms with van der Waals surface area (Å²) in [6.07, 6.45) is 2.49. The molecule has 0 aromatic carbocycles. The smallest absolute Gasteiger partial charge is 0.195 e. The minimum Gasteiger partial charge on any atom is -0.395 e. The number of pyridine rings is 1. The lowest BCUT2D eigenvalue weighted by Crippen LogP contribution is -1.86. The number of rotatable bonds is 4. The first-order valence-electron chi connectivity index (χ1n) is 6.48. The van der Waals surface area contributed by atoms with Gasteiger partial charge in [-0.25, -0.2) is 0 Å². The van der Waals surface area contributed by atoms with E-state index in [4.69, 9.17) is 5.11 Å². The van der Waals surface area contributed by atoms with Crippen molar-refractivity contribution in [3.8, 4) is 11.8 Å². The summed E-state index contributed by atoms with van der Waals surface area (Å²) in [6, 6.07) is 9.98. The van der Waals surface area contributed by atoms with Crippen LogP contribution in [0.4, 0.5) is 0 Å². The zero-order valence-corrected chi connectivity index (χ0v) is 12.8. The van der Waals surface area contributed by atoms with Crippen LogP contribution in [0.1, 0.15) is 16.2 Å². The number of aromatic nitrogens is 3. The van der Waals surface area contributed by atoms with E-state index in [9.17, 15) is 0 Å². The van der Waals surface area contributed by atoms with Gasteiger partial charge in [-0.2, -0.15) is 0 Å². The van der Waals surface area contributed by atoms with Crippen molar-refractivity contribution in [1.82, 2.24) is 14.6 Å². The Morgan fingerprint density at radius 2 is 2.19 bits per heavy atom. The summed E-state index contributed by atoms with van der Waals surface area (Å²) >= 11 is 3.34. The van der Waals surface area contributed by atoms with Crippen LogP contribution in [-0.4, -0.2) is 26.3 Å². The second kappa shape index (κ2) is 6.76. The predicted molar refractivity (Wildman–Crippen MR) is 85.4 cm³/mol. The van der Waals surface area contributed by atoms with Gasteiger partial charge in [0, 0.05) is 23.2 Å². The molecule has 3 aromatic rings. The fourth-order valence-corrected chi connectivity index (χ4v) is 3.63. The summed E-state index contributed by atoms with van der Waals surface area (Å²) in [5.41, 5.74) is 0.863. The van der Waals surface area contributed by atoms with Crippen LogP contribution in [0.3, 0.4) is 0 Å². The number of thiophene rings is 1. The summed E-state index contributed by atoms with van der Waals surface area (Å²) in [4.78, 5) is 2.28. The van der Waals surface area contributed by atoms with Crippen LogP contribution in [0.5, 0.6) is 0 Å². The van der Waals surface area contributed by atoms with Gasteiger partial charge in [-0.05, 0) is 24.3 Å². The van der Waals surface area contributed by atoms with Crippen LogP contribution < -0.4 is 0 Å². The monoisotopic (exact) mass is 315 g/mol. The third kappa shape index (κ3) is 3.45. The Morgan fingerprint density at radius 3 is 3.10 bits per heavy atom. The number of hydrogen-bond acceptors (Lipinski definition) is 5. The van der Waals surface area contributed by atoms with Gasteiger partial charge >= 0.3 is 0 Å². The molecule has 0 radical (unpaired) electrons. The molecule has 0 atom stereocenters. The maximum Gasteiger partial charge on any atom is 0.195 e. The van der Waals surface area contributed by atoms with E-state index in [0.29, 0.717) is 6.42 Å². The molecule has 3 heterocycles. The Balaban J connectivity index is 1.67. The molecule has 0 spiro atoms. The number of hydrogen-bond donors (Lipinski definition) is 1. The number of nitrogens with zero attached hydrogens (tertiary/aromatic N) is 3. The second-order valence-electron chi connectivity index (χ2n) is 4.24. The van der Waals surface area contributed by atoms with Crippen LogP contribution in [0, 0.1) is 11.8 Å². The number of thioether (sulfide) groups is 1. The van der Waals surface area contributed by atoms with E-state index in [1.807, 2.05) is 34.9 Å². The Bertz CT molecular complexity index is 798. The number of aliphatic hydroxyl groups is 1. The van der Waals surface area contributed by atoms with Crippen LogP contribution in [-0.2, 0) is 5.75 Å². The molecule has 0 fully saturated rings. The molecule has 21 heavy (non-hydrogen) atoms. The molecule has 0 unspecified atom stereocenters. The van der Waals surface area contributed by atoms with Crippen molar-refractivity contribution in [1.29, 1.82) is 0 Å². The maximum absolute atomic E-state index is 8.71. The molecule has 0 saturated carbocycles. The lowest BCUT2D eigenvalue weighted by molar-refractivity contribution is 0.305. The number of fused-ring (bicyclic) bond motifs is 1. The average Bonchev–Trinajstić information content (AvgIpc) is 3.12. The molecule has 3 rings (SSSR count). The fraction of sp³-hybridized carbons (Fsp3) is 0.200. The molecule has 0 amide bonds.